The van der Waals surface area contributed by atoms with Gasteiger partial charge in [0.25, 0.3) is 0 Å². The Morgan fingerprint density at radius 3 is 2.62 bits per heavy atom. The van der Waals surface area contributed by atoms with Gasteiger partial charge in [-0.2, -0.15) is 0 Å². The summed E-state index contributed by atoms with van der Waals surface area (Å²) < 4.78 is 5.82. The molecule has 4 heteroatoms. The molecular formula is C17H21ClN2O. The standard InChI is InChI=1S/C17H21ClN2O/c1-3-10-21-16-7-5-4-6-14(16)17(20-19)13-9-8-12(2)11-15(13)18/h4-9,11,17,20H,3,10,19H2,1-2H3. The summed E-state index contributed by atoms with van der Waals surface area (Å²) >= 11 is 6.37. The van der Waals surface area contributed by atoms with Gasteiger partial charge in [0, 0.05) is 10.6 Å². The van der Waals surface area contributed by atoms with Crippen LogP contribution >= 0.6 is 11.6 Å². The molecule has 2 aromatic rings. The van der Waals surface area contributed by atoms with E-state index >= 15 is 0 Å². The fourth-order valence-corrected chi connectivity index (χ4v) is 2.62. The van der Waals surface area contributed by atoms with Crippen LogP contribution in [0.1, 0.15) is 36.1 Å². The number of hydrazine groups is 1. The monoisotopic (exact) mass is 304 g/mol. The van der Waals surface area contributed by atoms with Gasteiger partial charge in [-0.25, -0.2) is 5.43 Å². The van der Waals surface area contributed by atoms with Crippen LogP contribution in [0.4, 0.5) is 0 Å². The summed E-state index contributed by atoms with van der Waals surface area (Å²) in [5, 5.41) is 0.697. The van der Waals surface area contributed by atoms with Gasteiger partial charge in [-0.15, -0.1) is 0 Å². The third kappa shape index (κ3) is 3.76. The van der Waals surface area contributed by atoms with Crippen molar-refractivity contribution in [2.24, 2.45) is 5.84 Å². The quantitative estimate of drug-likeness (QED) is 0.626. The van der Waals surface area contributed by atoms with Crippen LogP contribution in [0.3, 0.4) is 0 Å². The summed E-state index contributed by atoms with van der Waals surface area (Å²) in [5.74, 6) is 6.61. The van der Waals surface area contributed by atoms with Crippen molar-refractivity contribution < 1.29 is 4.74 Å². The summed E-state index contributed by atoms with van der Waals surface area (Å²) in [5.41, 5.74) is 5.90. The molecule has 0 fully saturated rings. The van der Waals surface area contributed by atoms with Crippen molar-refractivity contribution in [3.8, 4) is 5.75 Å². The molecule has 1 unspecified atom stereocenters. The van der Waals surface area contributed by atoms with Crippen LogP contribution in [0.5, 0.6) is 5.75 Å². The number of halogens is 1. The number of ether oxygens (including phenoxy) is 1. The second kappa shape index (κ2) is 7.46. The van der Waals surface area contributed by atoms with E-state index in [-0.39, 0.29) is 6.04 Å². The number of hydrogen-bond acceptors (Lipinski definition) is 3. The smallest absolute Gasteiger partial charge is 0.124 e. The van der Waals surface area contributed by atoms with Crippen LogP contribution in [-0.4, -0.2) is 6.61 Å². The molecule has 0 saturated carbocycles. The molecule has 0 aliphatic heterocycles. The van der Waals surface area contributed by atoms with Gasteiger partial charge in [-0.05, 0) is 36.6 Å². The Hall–Kier alpha value is -1.55. The van der Waals surface area contributed by atoms with Gasteiger partial charge >= 0.3 is 0 Å². The number of nitrogens with one attached hydrogen (secondary N) is 1. The van der Waals surface area contributed by atoms with Crippen LogP contribution in [0.15, 0.2) is 42.5 Å². The molecule has 3 nitrogen and oxygen atoms in total. The Bertz CT molecular complexity index is 601. The maximum atomic E-state index is 6.37. The molecular weight excluding hydrogens is 284 g/mol. The molecule has 0 saturated heterocycles. The molecule has 0 amide bonds. The first kappa shape index (κ1) is 15.8. The van der Waals surface area contributed by atoms with Gasteiger partial charge in [0.1, 0.15) is 5.75 Å². The Kier molecular flexibility index (Phi) is 5.62. The lowest BCUT2D eigenvalue weighted by Gasteiger charge is -2.21. The van der Waals surface area contributed by atoms with Crippen LogP contribution in [0, 0.1) is 6.92 Å². The largest absolute Gasteiger partial charge is 0.493 e. The van der Waals surface area contributed by atoms with Crippen molar-refractivity contribution in [3.63, 3.8) is 0 Å². The van der Waals surface area contributed by atoms with Crippen molar-refractivity contribution in [3.05, 3.63) is 64.2 Å². The highest BCUT2D eigenvalue weighted by atomic mass is 35.5. The van der Waals surface area contributed by atoms with Gasteiger partial charge in [-0.1, -0.05) is 48.9 Å². The molecule has 0 radical (unpaired) electrons. The van der Waals surface area contributed by atoms with Gasteiger partial charge < -0.3 is 4.74 Å². The Morgan fingerprint density at radius 1 is 1.19 bits per heavy atom. The minimum atomic E-state index is -0.203. The average molecular weight is 305 g/mol. The fourth-order valence-electron chi connectivity index (χ4n) is 2.28. The molecule has 0 aliphatic rings. The Labute approximate surface area is 131 Å². The van der Waals surface area contributed by atoms with E-state index in [0.29, 0.717) is 11.6 Å². The zero-order chi connectivity index (χ0) is 15.2. The van der Waals surface area contributed by atoms with E-state index in [1.54, 1.807) is 0 Å². The molecule has 0 spiro atoms. The molecule has 2 aromatic carbocycles. The minimum absolute atomic E-state index is 0.203. The first-order chi connectivity index (χ1) is 10.2. The van der Waals surface area contributed by atoms with E-state index in [1.807, 2.05) is 49.4 Å². The predicted octanol–water partition coefficient (Wildman–Crippen LogP) is 3.99. The summed E-state index contributed by atoms with van der Waals surface area (Å²) in [6, 6.07) is 13.7. The van der Waals surface area contributed by atoms with Gasteiger partial charge in [0.05, 0.1) is 12.6 Å². The third-order valence-electron chi connectivity index (χ3n) is 3.33. The molecule has 3 N–H and O–H groups in total. The highest BCUT2D eigenvalue weighted by Crippen LogP contribution is 2.33. The number of aryl methyl sites for hydroxylation is 1. The summed E-state index contributed by atoms with van der Waals surface area (Å²) in [4.78, 5) is 0. The normalized spacial score (nSPS) is 12.2. The predicted molar refractivity (Wildman–Crippen MR) is 87.6 cm³/mol. The maximum Gasteiger partial charge on any atom is 0.124 e. The van der Waals surface area contributed by atoms with E-state index in [9.17, 15) is 0 Å². The average Bonchev–Trinajstić information content (AvgIpc) is 2.49. The molecule has 21 heavy (non-hydrogen) atoms. The molecule has 1 atom stereocenters. The van der Waals surface area contributed by atoms with E-state index in [4.69, 9.17) is 22.2 Å². The summed E-state index contributed by atoms with van der Waals surface area (Å²) in [7, 11) is 0. The van der Waals surface area contributed by atoms with Crippen molar-refractivity contribution >= 4 is 11.6 Å². The van der Waals surface area contributed by atoms with Crippen LogP contribution in [0.2, 0.25) is 5.02 Å². The van der Waals surface area contributed by atoms with Crippen molar-refractivity contribution in [1.29, 1.82) is 0 Å². The van der Waals surface area contributed by atoms with Crippen molar-refractivity contribution in [2.45, 2.75) is 26.3 Å². The van der Waals surface area contributed by atoms with E-state index in [2.05, 4.69) is 12.3 Å². The topological polar surface area (TPSA) is 47.3 Å². The van der Waals surface area contributed by atoms with Crippen LogP contribution in [-0.2, 0) is 0 Å². The van der Waals surface area contributed by atoms with Crippen LogP contribution < -0.4 is 16.0 Å². The maximum absolute atomic E-state index is 6.37. The number of benzene rings is 2. The summed E-state index contributed by atoms with van der Waals surface area (Å²) in [6.45, 7) is 4.77. The fraction of sp³-hybridized carbons (Fsp3) is 0.294. The molecule has 0 aliphatic carbocycles. The number of hydrogen-bond donors (Lipinski definition) is 2. The minimum Gasteiger partial charge on any atom is -0.493 e. The zero-order valence-corrected chi connectivity index (χ0v) is 13.2. The number of rotatable bonds is 6. The van der Waals surface area contributed by atoms with Gasteiger partial charge in [0.15, 0.2) is 0 Å². The Morgan fingerprint density at radius 2 is 1.95 bits per heavy atom. The first-order valence-corrected chi connectivity index (χ1v) is 7.49. The lowest BCUT2D eigenvalue weighted by atomic mass is 9.97. The highest BCUT2D eigenvalue weighted by Gasteiger charge is 2.19. The molecule has 2 rings (SSSR count). The zero-order valence-electron chi connectivity index (χ0n) is 12.4. The lowest BCUT2D eigenvalue weighted by molar-refractivity contribution is 0.311. The van der Waals surface area contributed by atoms with E-state index < -0.39 is 0 Å². The van der Waals surface area contributed by atoms with Crippen LogP contribution in [0.25, 0.3) is 0 Å². The van der Waals surface area contributed by atoms with Crippen molar-refractivity contribution in [2.75, 3.05) is 6.61 Å². The molecule has 112 valence electrons. The second-order valence-electron chi connectivity index (χ2n) is 5.01. The molecule has 0 heterocycles. The molecule has 0 aromatic heterocycles. The third-order valence-corrected chi connectivity index (χ3v) is 3.65. The molecule has 0 bridgehead atoms. The van der Waals surface area contributed by atoms with E-state index in [1.165, 1.54) is 0 Å². The van der Waals surface area contributed by atoms with Crippen molar-refractivity contribution in [1.82, 2.24) is 5.43 Å². The number of nitrogens with two attached hydrogens (primary N) is 1. The Balaban J connectivity index is 2.41. The number of para-hydroxylation sites is 1. The summed E-state index contributed by atoms with van der Waals surface area (Å²) in [6.07, 6.45) is 0.959. The SMILES string of the molecule is CCCOc1ccccc1C(NN)c1ccc(C)cc1Cl. The van der Waals surface area contributed by atoms with Gasteiger partial charge in [0.2, 0.25) is 0 Å². The first-order valence-electron chi connectivity index (χ1n) is 7.11. The highest BCUT2D eigenvalue weighted by molar-refractivity contribution is 6.31. The lowest BCUT2D eigenvalue weighted by Crippen LogP contribution is -2.29. The van der Waals surface area contributed by atoms with E-state index in [0.717, 1.165) is 28.9 Å². The second-order valence-corrected chi connectivity index (χ2v) is 5.42. The van der Waals surface area contributed by atoms with Gasteiger partial charge in [-0.3, -0.25) is 5.84 Å².